The van der Waals surface area contributed by atoms with Gasteiger partial charge in [-0.25, -0.2) is 0 Å². The molecule has 0 unspecified atom stereocenters. The van der Waals surface area contributed by atoms with Crippen LogP contribution < -0.4 is 20.2 Å². The maximum absolute atomic E-state index is 2.43. The summed E-state index contributed by atoms with van der Waals surface area (Å²) in [5.41, 5.74) is 10.9. The van der Waals surface area contributed by atoms with Gasteiger partial charge in [0.1, 0.15) is 0 Å². The molecule has 0 spiro atoms. The first-order valence-electron chi connectivity index (χ1n) is 16.7. The third-order valence-corrected chi connectivity index (χ3v) is 9.32. The standard InChI is InChI=1S/C46H40N2/c1-4-5-14-38-16-8-10-22-44(38)34(2)47(3)41-29-25-36(26-30-41)37-27-31-42(32-28-37)48(46-24-13-20-39-17-9-11-23-45(39)46)43-21-12-19-35-15-6-7-18-40(35)33-43/h4-32H,33H2,1-3H3/b5-4-,38-14-,44-34+. The van der Waals surface area contributed by atoms with Crippen LogP contribution in [0.15, 0.2) is 170 Å². The van der Waals surface area contributed by atoms with Crippen LogP contribution in [0.2, 0.25) is 0 Å². The number of allylic oxidation sites excluding steroid dienone is 5. The number of fused-ring (bicyclic) bond motifs is 2. The molecule has 0 amide bonds. The lowest BCUT2D eigenvalue weighted by atomic mass is 10.0. The van der Waals surface area contributed by atoms with Crippen LogP contribution in [-0.4, -0.2) is 7.05 Å². The smallest absolute Gasteiger partial charge is 0.0536 e. The first kappa shape index (κ1) is 30.8. The minimum absolute atomic E-state index is 0.845. The number of hydrogen-bond donors (Lipinski definition) is 0. The Labute approximate surface area is 284 Å². The monoisotopic (exact) mass is 620 g/mol. The molecule has 2 nitrogen and oxygen atoms in total. The molecule has 0 radical (unpaired) electrons. The van der Waals surface area contributed by atoms with Gasteiger partial charge >= 0.3 is 0 Å². The SMILES string of the molecule is C\C=C/C=c1/cccc/c1=C(/C)N(C)c1ccc(-c2ccc(N(C3=CC=Cc4ccccc4C3)c3cccc4ccccc34)cc2)cc1. The topological polar surface area (TPSA) is 6.48 Å². The van der Waals surface area contributed by atoms with Crippen molar-refractivity contribution in [1.29, 1.82) is 0 Å². The van der Waals surface area contributed by atoms with Crippen LogP contribution in [0.3, 0.4) is 0 Å². The second-order valence-corrected chi connectivity index (χ2v) is 12.2. The lowest BCUT2D eigenvalue weighted by Crippen LogP contribution is -2.31. The third-order valence-electron chi connectivity index (χ3n) is 9.32. The number of benzene rings is 6. The van der Waals surface area contributed by atoms with Crippen LogP contribution in [0.5, 0.6) is 0 Å². The molecule has 0 saturated heterocycles. The Morgan fingerprint density at radius 1 is 0.667 bits per heavy atom. The highest BCUT2D eigenvalue weighted by Crippen LogP contribution is 2.38. The van der Waals surface area contributed by atoms with Crippen molar-refractivity contribution in [2.75, 3.05) is 16.8 Å². The molecule has 0 aliphatic heterocycles. The van der Waals surface area contributed by atoms with E-state index in [-0.39, 0.29) is 0 Å². The van der Waals surface area contributed by atoms with Gasteiger partial charge in [0.05, 0.1) is 5.69 Å². The van der Waals surface area contributed by atoms with Crippen LogP contribution in [0, 0.1) is 0 Å². The van der Waals surface area contributed by atoms with Crippen LogP contribution in [0.25, 0.3) is 39.7 Å². The molecule has 7 rings (SSSR count). The summed E-state index contributed by atoms with van der Waals surface area (Å²) in [6.45, 7) is 4.24. The summed E-state index contributed by atoms with van der Waals surface area (Å²) in [7, 11) is 2.14. The highest BCUT2D eigenvalue weighted by Gasteiger charge is 2.19. The molecule has 1 aliphatic carbocycles. The van der Waals surface area contributed by atoms with Gasteiger partial charge < -0.3 is 9.80 Å². The van der Waals surface area contributed by atoms with E-state index < -0.39 is 0 Å². The average molecular weight is 621 g/mol. The van der Waals surface area contributed by atoms with E-state index in [1.54, 1.807) is 0 Å². The van der Waals surface area contributed by atoms with Crippen molar-refractivity contribution < 1.29 is 0 Å². The fourth-order valence-electron chi connectivity index (χ4n) is 6.62. The van der Waals surface area contributed by atoms with E-state index in [0.29, 0.717) is 0 Å². The van der Waals surface area contributed by atoms with E-state index in [2.05, 4.69) is 200 Å². The normalized spacial score (nSPS) is 13.6. The second kappa shape index (κ2) is 13.9. The predicted molar refractivity (Wildman–Crippen MR) is 208 cm³/mol. The minimum Gasteiger partial charge on any atom is -0.348 e. The molecule has 234 valence electrons. The van der Waals surface area contributed by atoms with Gasteiger partial charge in [-0.2, -0.15) is 0 Å². The van der Waals surface area contributed by atoms with E-state index >= 15 is 0 Å². The highest BCUT2D eigenvalue weighted by atomic mass is 15.1. The summed E-state index contributed by atoms with van der Waals surface area (Å²) in [6.07, 6.45) is 13.8. The summed E-state index contributed by atoms with van der Waals surface area (Å²) in [5, 5.41) is 4.92. The van der Waals surface area contributed by atoms with E-state index in [4.69, 9.17) is 0 Å². The van der Waals surface area contributed by atoms with Gasteiger partial charge in [0, 0.05) is 46.8 Å². The molecule has 0 atom stereocenters. The van der Waals surface area contributed by atoms with Gasteiger partial charge in [0.25, 0.3) is 0 Å². The van der Waals surface area contributed by atoms with Crippen molar-refractivity contribution >= 4 is 45.7 Å². The zero-order chi connectivity index (χ0) is 32.9. The molecule has 0 fully saturated rings. The summed E-state index contributed by atoms with van der Waals surface area (Å²) in [4.78, 5) is 4.70. The van der Waals surface area contributed by atoms with E-state index in [1.165, 1.54) is 60.5 Å². The maximum atomic E-state index is 2.43. The van der Waals surface area contributed by atoms with Crippen molar-refractivity contribution in [2.24, 2.45) is 0 Å². The maximum Gasteiger partial charge on any atom is 0.0536 e. The zero-order valence-corrected chi connectivity index (χ0v) is 27.8. The van der Waals surface area contributed by atoms with E-state index in [1.807, 2.05) is 6.92 Å². The molecule has 1 aliphatic rings. The van der Waals surface area contributed by atoms with Gasteiger partial charge in [0.2, 0.25) is 0 Å². The Morgan fingerprint density at radius 3 is 2.12 bits per heavy atom. The molecule has 6 aromatic carbocycles. The van der Waals surface area contributed by atoms with E-state index in [9.17, 15) is 0 Å². The van der Waals surface area contributed by atoms with Crippen LogP contribution in [-0.2, 0) is 6.42 Å². The Morgan fingerprint density at radius 2 is 1.33 bits per heavy atom. The van der Waals surface area contributed by atoms with E-state index in [0.717, 1.165) is 17.8 Å². The molecule has 48 heavy (non-hydrogen) atoms. The third kappa shape index (κ3) is 6.26. The first-order chi connectivity index (χ1) is 23.6. The molecular formula is C46H40N2. The zero-order valence-electron chi connectivity index (χ0n) is 27.8. The Hall–Kier alpha value is -5.86. The van der Waals surface area contributed by atoms with Crippen molar-refractivity contribution in [3.8, 4) is 11.1 Å². The Kier molecular flexibility index (Phi) is 8.89. The Balaban J connectivity index is 1.22. The molecule has 6 aromatic rings. The van der Waals surface area contributed by atoms with Crippen LogP contribution in [0.1, 0.15) is 25.0 Å². The molecule has 2 heteroatoms. The summed E-state index contributed by atoms with van der Waals surface area (Å²) >= 11 is 0. The number of nitrogens with zero attached hydrogens (tertiary/aromatic N) is 2. The Bertz CT molecular complexity index is 2280. The van der Waals surface area contributed by atoms with Gasteiger partial charge in [-0.3, -0.25) is 0 Å². The van der Waals surface area contributed by atoms with Crippen molar-refractivity contribution in [3.05, 3.63) is 191 Å². The first-order valence-corrected chi connectivity index (χ1v) is 16.7. The van der Waals surface area contributed by atoms with Gasteiger partial charge in [-0.05, 0) is 83.1 Å². The van der Waals surface area contributed by atoms with Crippen molar-refractivity contribution in [3.63, 3.8) is 0 Å². The number of rotatable bonds is 7. The number of anilines is 3. The minimum atomic E-state index is 0.845. The highest BCUT2D eigenvalue weighted by molar-refractivity contribution is 5.97. The van der Waals surface area contributed by atoms with Gasteiger partial charge in [-0.15, -0.1) is 0 Å². The number of hydrogen-bond acceptors (Lipinski definition) is 2. The fourth-order valence-corrected chi connectivity index (χ4v) is 6.62. The van der Waals surface area contributed by atoms with Gasteiger partial charge in [-0.1, -0.05) is 140 Å². The molecule has 0 aromatic heterocycles. The summed E-state index contributed by atoms with van der Waals surface area (Å²) in [5.74, 6) is 0. The second-order valence-electron chi connectivity index (χ2n) is 12.2. The lowest BCUT2D eigenvalue weighted by Gasteiger charge is -2.29. The van der Waals surface area contributed by atoms with Crippen LogP contribution >= 0.6 is 0 Å². The van der Waals surface area contributed by atoms with Crippen molar-refractivity contribution in [1.82, 2.24) is 0 Å². The van der Waals surface area contributed by atoms with Crippen molar-refractivity contribution in [2.45, 2.75) is 20.3 Å². The lowest BCUT2D eigenvalue weighted by molar-refractivity contribution is 1.05. The molecule has 0 bridgehead atoms. The fraction of sp³-hybridized carbons (Fsp3) is 0.0870. The molecular weight excluding hydrogens is 581 g/mol. The summed E-state index contributed by atoms with van der Waals surface area (Å²) in [6, 6.07) is 50.4. The summed E-state index contributed by atoms with van der Waals surface area (Å²) < 4.78 is 0. The average Bonchev–Trinajstić information content (AvgIpc) is 3.36. The quantitative estimate of drug-likeness (QED) is 0.175. The molecule has 0 heterocycles. The molecule has 0 N–H and O–H groups in total. The molecule has 0 saturated carbocycles. The van der Waals surface area contributed by atoms with Crippen LogP contribution in [0.4, 0.5) is 17.1 Å². The van der Waals surface area contributed by atoms with Gasteiger partial charge in [0.15, 0.2) is 0 Å². The largest absolute Gasteiger partial charge is 0.348 e. The predicted octanol–water partition coefficient (Wildman–Crippen LogP) is 10.4.